The first kappa shape index (κ1) is 16.3. The molecule has 100 valence electrons. The van der Waals surface area contributed by atoms with Gasteiger partial charge in [-0.15, -0.1) is 0 Å². The van der Waals surface area contributed by atoms with Gasteiger partial charge in [-0.05, 0) is 25.7 Å². The van der Waals surface area contributed by atoms with Gasteiger partial charge >= 0.3 is 0 Å². The van der Waals surface area contributed by atoms with Crippen molar-refractivity contribution in [3.63, 3.8) is 0 Å². The maximum Gasteiger partial charge on any atom is 0.136 e. The van der Waals surface area contributed by atoms with Crippen LogP contribution in [0.15, 0.2) is 0 Å². The largest absolute Gasteiger partial charge is 0.300 e. The van der Waals surface area contributed by atoms with Crippen molar-refractivity contribution in [2.45, 2.75) is 66.7 Å². The molecule has 0 aliphatic carbocycles. The van der Waals surface area contributed by atoms with Crippen LogP contribution in [0.2, 0.25) is 0 Å². The number of ketones is 2. The fraction of sp³-hybridized carbons (Fsp3) is 0.867. The van der Waals surface area contributed by atoms with Gasteiger partial charge in [0.15, 0.2) is 0 Å². The van der Waals surface area contributed by atoms with Gasteiger partial charge < -0.3 is 0 Å². The van der Waals surface area contributed by atoms with Gasteiger partial charge in [-0.1, -0.05) is 40.5 Å². The SMILES string of the molecule is CCCCC(CC(=O)C(C)CC(C)C)C(C)=O. The van der Waals surface area contributed by atoms with Gasteiger partial charge in [0.2, 0.25) is 0 Å². The quantitative estimate of drug-likeness (QED) is 0.610. The van der Waals surface area contributed by atoms with Crippen LogP contribution < -0.4 is 0 Å². The van der Waals surface area contributed by atoms with E-state index in [2.05, 4.69) is 20.8 Å². The monoisotopic (exact) mass is 240 g/mol. The number of carbonyl (C=O) groups excluding carboxylic acids is 2. The smallest absolute Gasteiger partial charge is 0.136 e. The second kappa shape index (κ2) is 8.43. The first-order chi connectivity index (χ1) is 7.88. The van der Waals surface area contributed by atoms with E-state index >= 15 is 0 Å². The Kier molecular flexibility index (Phi) is 8.11. The van der Waals surface area contributed by atoms with Crippen molar-refractivity contribution in [3.8, 4) is 0 Å². The normalized spacial score (nSPS) is 14.7. The topological polar surface area (TPSA) is 34.1 Å². The standard InChI is InChI=1S/C15H28O2/c1-6-7-8-14(13(5)16)10-15(17)12(4)9-11(2)3/h11-12,14H,6-10H2,1-5H3. The molecule has 0 bridgehead atoms. The summed E-state index contributed by atoms with van der Waals surface area (Å²) in [5.41, 5.74) is 0. The Morgan fingerprint density at radius 1 is 1.12 bits per heavy atom. The minimum atomic E-state index is -0.0444. The lowest BCUT2D eigenvalue weighted by Gasteiger charge is -2.17. The molecule has 0 amide bonds. The molecule has 0 rings (SSSR count). The third kappa shape index (κ3) is 7.30. The van der Waals surface area contributed by atoms with Crippen LogP contribution in [-0.2, 0) is 9.59 Å². The number of hydrogen-bond donors (Lipinski definition) is 0. The molecule has 2 atom stereocenters. The first-order valence-corrected chi connectivity index (χ1v) is 6.91. The average Bonchev–Trinajstić information content (AvgIpc) is 2.22. The Bertz CT molecular complexity index is 243. The highest BCUT2D eigenvalue weighted by atomic mass is 16.1. The van der Waals surface area contributed by atoms with Gasteiger partial charge in [-0.25, -0.2) is 0 Å². The van der Waals surface area contributed by atoms with E-state index in [1.54, 1.807) is 6.92 Å². The van der Waals surface area contributed by atoms with Crippen LogP contribution in [0, 0.1) is 17.8 Å². The molecule has 2 nitrogen and oxygen atoms in total. The Labute approximate surface area is 106 Å². The van der Waals surface area contributed by atoms with E-state index in [4.69, 9.17) is 0 Å². The Morgan fingerprint density at radius 3 is 2.12 bits per heavy atom. The first-order valence-electron chi connectivity index (χ1n) is 6.91. The number of unbranched alkanes of at least 4 members (excludes halogenated alkanes) is 1. The summed E-state index contributed by atoms with van der Waals surface area (Å²) in [5, 5.41) is 0. The van der Waals surface area contributed by atoms with Crippen LogP contribution in [0.25, 0.3) is 0 Å². The van der Waals surface area contributed by atoms with Gasteiger partial charge in [-0.2, -0.15) is 0 Å². The Hall–Kier alpha value is -0.660. The predicted octanol–water partition coefficient (Wildman–Crippen LogP) is 4.02. The lowest BCUT2D eigenvalue weighted by molar-refractivity contribution is -0.129. The van der Waals surface area contributed by atoms with Crippen molar-refractivity contribution in [2.75, 3.05) is 0 Å². The van der Waals surface area contributed by atoms with Gasteiger partial charge in [0.25, 0.3) is 0 Å². The highest BCUT2D eigenvalue weighted by Gasteiger charge is 2.22. The van der Waals surface area contributed by atoms with Crippen LogP contribution in [0.3, 0.4) is 0 Å². The van der Waals surface area contributed by atoms with E-state index in [1.807, 2.05) is 6.92 Å². The second-order valence-electron chi connectivity index (χ2n) is 5.65. The van der Waals surface area contributed by atoms with E-state index in [0.29, 0.717) is 12.3 Å². The van der Waals surface area contributed by atoms with Gasteiger partial charge in [0, 0.05) is 18.3 Å². The third-order valence-electron chi connectivity index (χ3n) is 3.30. The zero-order chi connectivity index (χ0) is 13.4. The van der Waals surface area contributed by atoms with Crippen LogP contribution >= 0.6 is 0 Å². The van der Waals surface area contributed by atoms with E-state index in [1.165, 1.54) is 0 Å². The molecule has 0 aromatic rings. The zero-order valence-electron chi connectivity index (χ0n) is 12.1. The second-order valence-corrected chi connectivity index (χ2v) is 5.65. The van der Waals surface area contributed by atoms with Crippen LogP contribution in [0.1, 0.15) is 66.7 Å². The highest BCUT2D eigenvalue weighted by molar-refractivity contribution is 5.87. The Balaban J connectivity index is 4.24. The highest BCUT2D eigenvalue weighted by Crippen LogP contribution is 2.20. The summed E-state index contributed by atoms with van der Waals surface area (Å²) in [6, 6.07) is 0. The molecular weight excluding hydrogens is 212 g/mol. The molecule has 0 aliphatic rings. The molecule has 0 aliphatic heterocycles. The van der Waals surface area contributed by atoms with Gasteiger partial charge in [-0.3, -0.25) is 9.59 Å². The van der Waals surface area contributed by atoms with Crippen molar-refractivity contribution < 1.29 is 9.59 Å². The number of Topliss-reactive ketones (excluding diaryl/α,β-unsaturated/α-hetero) is 2. The number of carbonyl (C=O) groups is 2. The molecular formula is C15H28O2. The lowest BCUT2D eigenvalue weighted by atomic mass is 9.86. The summed E-state index contributed by atoms with van der Waals surface area (Å²) < 4.78 is 0. The van der Waals surface area contributed by atoms with Crippen molar-refractivity contribution in [1.29, 1.82) is 0 Å². The van der Waals surface area contributed by atoms with Crippen molar-refractivity contribution in [3.05, 3.63) is 0 Å². The van der Waals surface area contributed by atoms with Crippen LogP contribution in [0.5, 0.6) is 0 Å². The molecule has 2 unspecified atom stereocenters. The summed E-state index contributed by atoms with van der Waals surface area (Å²) in [7, 11) is 0. The molecule has 0 radical (unpaired) electrons. The summed E-state index contributed by atoms with van der Waals surface area (Å²) in [4.78, 5) is 23.5. The minimum absolute atomic E-state index is 0.0444. The molecule has 17 heavy (non-hydrogen) atoms. The lowest BCUT2D eigenvalue weighted by Crippen LogP contribution is -2.21. The van der Waals surface area contributed by atoms with Gasteiger partial charge in [0.1, 0.15) is 11.6 Å². The van der Waals surface area contributed by atoms with Crippen molar-refractivity contribution >= 4 is 11.6 Å². The van der Waals surface area contributed by atoms with Crippen molar-refractivity contribution in [1.82, 2.24) is 0 Å². The van der Waals surface area contributed by atoms with E-state index in [0.717, 1.165) is 25.7 Å². The van der Waals surface area contributed by atoms with Gasteiger partial charge in [0.05, 0.1) is 0 Å². The molecule has 0 N–H and O–H groups in total. The third-order valence-corrected chi connectivity index (χ3v) is 3.30. The van der Waals surface area contributed by atoms with Crippen LogP contribution in [0.4, 0.5) is 0 Å². The molecule has 0 fully saturated rings. The molecule has 2 heteroatoms. The minimum Gasteiger partial charge on any atom is -0.300 e. The molecule has 0 aromatic carbocycles. The average molecular weight is 240 g/mol. The summed E-state index contributed by atoms with van der Waals surface area (Å²) in [5.74, 6) is 1.02. The van der Waals surface area contributed by atoms with E-state index < -0.39 is 0 Å². The predicted molar refractivity (Wildman–Crippen MR) is 71.9 cm³/mol. The molecule has 0 heterocycles. The van der Waals surface area contributed by atoms with E-state index in [9.17, 15) is 9.59 Å². The fourth-order valence-corrected chi connectivity index (χ4v) is 2.18. The van der Waals surface area contributed by atoms with E-state index in [-0.39, 0.29) is 23.4 Å². The summed E-state index contributed by atoms with van der Waals surface area (Å²) in [6.45, 7) is 9.97. The molecule has 0 saturated heterocycles. The zero-order valence-corrected chi connectivity index (χ0v) is 12.1. The summed E-state index contributed by atoms with van der Waals surface area (Å²) in [6.07, 6.45) is 4.36. The van der Waals surface area contributed by atoms with Crippen molar-refractivity contribution in [2.24, 2.45) is 17.8 Å². The Morgan fingerprint density at radius 2 is 1.71 bits per heavy atom. The fourth-order valence-electron chi connectivity index (χ4n) is 2.18. The summed E-state index contributed by atoms with van der Waals surface area (Å²) >= 11 is 0. The number of rotatable bonds is 9. The maximum atomic E-state index is 12.0. The molecule has 0 saturated carbocycles. The number of hydrogen-bond acceptors (Lipinski definition) is 2. The maximum absolute atomic E-state index is 12.0. The molecule has 0 spiro atoms. The molecule has 0 aromatic heterocycles. The van der Waals surface area contributed by atoms with Crippen LogP contribution in [-0.4, -0.2) is 11.6 Å².